The first-order chi connectivity index (χ1) is 12.5. The lowest BCUT2D eigenvalue weighted by Gasteiger charge is -2.38. The summed E-state index contributed by atoms with van der Waals surface area (Å²) in [5.74, 6) is 0.979. The number of hydrogen-bond acceptors (Lipinski definition) is 5. The average Bonchev–Trinajstić information content (AvgIpc) is 2.60. The molecule has 0 unspecified atom stereocenters. The van der Waals surface area contributed by atoms with E-state index in [-0.39, 0.29) is 5.91 Å². The van der Waals surface area contributed by atoms with Gasteiger partial charge in [0.2, 0.25) is 5.88 Å². The van der Waals surface area contributed by atoms with Crippen LogP contribution in [0.2, 0.25) is 0 Å². The van der Waals surface area contributed by atoms with E-state index in [4.69, 9.17) is 14.2 Å². The molecular formula is C20H32N2O4. The quantitative estimate of drug-likeness (QED) is 0.676. The molecule has 1 aliphatic rings. The summed E-state index contributed by atoms with van der Waals surface area (Å²) in [6, 6.07) is 1.88. The predicted octanol–water partition coefficient (Wildman–Crippen LogP) is 3.73. The second-order valence-corrected chi connectivity index (χ2v) is 6.97. The number of carbonyl (C=O) groups excluding carboxylic acids is 1. The molecule has 1 heterocycles. The van der Waals surface area contributed by atoms with Crippen LogP contribution in [0.25, 0.3) is 0 Å². The van der Waals surface area contributed by atoms with Crippen molar-refractivity contribution in [2.75, 3.05) is 31.7 Å². The SMILES string of the molecule is CCOCCOc1ncc(NC(=O)[C@@]2(OCC)CCC[C@H](C)C2)cc1C. The predicted molar refractivity (Wildman–Crippen MR) is 102 cm³/mol. The molecule has 1 fully saturated rings. The van der Waals surface area contributed by atoms with Crippen molar-refractivity contribution < 1.29 is 19.0 Å². The molecule has 1 amide bonds. The molecule has 1 saturated carbocycles. The van der Waals surface area contributed by atoms with E-state index in [1.54, 1.807) is 6.20 Å². The maximum absolute atomic E-state index is 13.0. The highest BCUT2D eigenvalue weighted by Gasteiger charge is 2.42. The summed E-state index contributed by atoms with van der Waals surface area (Å²) in [5.41, 5.74) is 0.816. The Balaban J connectivity index is 2.02. The second kappa shape index (κ2) is 9.88. The van der Waals surface area contributed by atoms with Crippen LogP contribution in [0.3, 0.4) is 0 Å². The van der Waals surface area contributed by atoms with Crippen LogP contribution in [-0.2, 0) is 14.3 Å². The van der Waals surface area contributed by atoms with Gasteiger partial charge in [-0.1, -0.05) is 13.3 Å². The summed E-state index contributed by atoms with van der Waals surface area (Å²) in [6.07, 6.45) is 5.32. The molecule has 0 saturated heterocycles. The maximum Gasteiger partial charge on any atom is 0.256 e. The molecule has 1 aliphatic carbocycles. The number of pyridine rings is 1. The molecule has 0 aromatic carbocycles. The van der Waals surface area contributed by atoms with Crippen molar-refractivity contribution >= 4 is 11.6 Å². The first kappa shape index (κ1) is 20.6. The third-order valence-corrected chi connectivity index (χ3v) is 4.75. The molecule has 6 nitrogen and oxygen atoms in total. The van der Waals surface area contributed by atoms with Crippen molar-refractivity contribution in [1.29, 1.82) is 0 Å². The lowest BCUT2D eigenvalue weighted by Crippen LogP contribution is -2.48. The number of anilines is 1. The Labute approximate surface area is 156 Å². The van der Waals surface area contributed by atoms with Crippen molar-refractivity contribution in [2.45, 2.75) is 59.0 Å². The summed E-state index contributed by atoms with van der Waals surface area (Å²) in [4.78, 5) is 17.3. The molecule has 0 aliphatic heterocycles. The third kappa shape index (κ3) is 5.42. The van der Waals surface area contributed by atoms with Crippen LogP contribution in [0.4, 0.5) is 5.69 Å². The number of ether oxygens (including phenoxy) is 3. The van der Waals surface area contributed by atoms with Crippen LogP contribution in [0.1, 0.15) is 52.0 Å². The Hall–Kier alpha value is -1.66. The highest BCUT2D eigenvalue weighted by molar-refractivity contribution is 5.97. The number of carbonyl (C=O) groups is 1. The van der Waals surface area contributed by atoms with Crippen LogP contribution >= 0.6 is 0 Å². The Morgan fingerprint density at radius 2 is 2.15 bits per heavy atom. The minimum Gasteiger partial charge on any atom is -0.475 e. The number of amides is 1. The molecule has 2 atom stereocenters. The molecule has 146 valence electrons. The van der Waals surface area contributed by atoms with Gasteiger partial charge in [0.1, 0.15) is 12.2 Å². The topological polar surface area (TPSA) is 69.7 Å². The standard InChI is InChI=1S/C20H32N2O4/c1-5-24-10-11-25-18-16(4)12-17(14-21-18)22-19(23)20(26-6-2)9-7-8-15(3)13-20/h12,14-15H,5-11,13H2,1-4H3,(H,22,23)/t15-,20+/m0/s1. The smallest absolute Gasteiger partial charge is 0.256 e. The van der Waals surface area contributed by atoms with Crippen LogP contribution in [-0.4, -0.2) is 42.9 Å². The summed E-state index contributed by atoms with van der Waals surface area (Å²) in [6.45, 7) is 10.2. The van der Waals surface area contributed by atoms with E-state index >= 15 is 0 Å². The zero-order valence-corrected chi connectivity index (χ0v) is 16.5. The van der Waals surface area contributed by atoms with Gasteiger partial charge in [-0.15, -0.1) is 0 Å². The van der Waals surface area contributed by atoms with E-state index < -0.39 is 5.60 Å². The van der Waals surface area contributed by atoms with Crippen molar-refractivity contribution in [2.24, 2.45) is 5.92 Å². The number of rotatable bonds is 9. The minimum absolute atomic E-state index is 0.0721. The van der Waals surface area contributed by atoms with Crippen molar-refractivity contribution in [3.63, 3.8) is 0 Å². The first-order valence-corrected chi connectivity index (χ1v) is 9.63. The van der Waals surface area contributed by atoms with E-state index in [0.717, 1.165) is 31.2 Å². The van der Waals surface area contributed by atoms with Crippen LogP contribution in [0.15, 0.2) is 12.3 Å². The van der Waals surface area contributed by atoms with Gasteiger partial charge in [-0.2, -0.15) is 0 Å². The van der Waals surface area contributed by atoms with Crippen LogP contribution in [0, 0.1) is 12.8 Å². The zero-order chi connectivity index (χ0) is 19.0. The fraction of sp³-hybridized carbons (Fsp3) is 0.700. The molecule has 26 heavy (non-hydrogen) atoms. The first-order valence-electron chi connectivity index (χ1n) is 9.63. The van der Waals surface area contributed by atoms with E-state index in [9.17, 15) is 4.79 Å². The fourth-order valence-corrected chi connectivity index (χ4v) is 3.55. The van der Waals surface area contributed by atoms with Gasteiger partial charge in [0.25, 0.3) is 5.91 Å². The molecule has 1 N–H and O–H groups in total. The lowest BCUT2D eigenvalue weighted by molar-refractivity contribution is -0.147. The van der Waals surface area contributed by atoms with Gasteiger partial charge >= 0.3 is 0 Å². The Bertz CT molecular complexity index is 589. The van der Waals surface area contributed by atoms with Crippen LogP contribution < -0.4 is 10.1 Å². The largest absolute Gasteiger partial charge is 0.475 e. The van der Waals surface area contributed by atoms with Gasteiger partial charge in [0, 0.05) is 18.8 Å². The Kier molecular flexibility index (Phi) is 7.85. The number of aryl methyl sites for hydroxylation is 1. The van der Waals surface area contributed by atoms with Gasteiger partial charge in [0.05, 0.1) is 18.5 Å². The highest BCUT2D eigenvalue weighted by atomic mass is 16.5. The number of nitrogens with one attached hydrogen (secondary N) is 1. The molecule has 2 rings (SSSR count). The average molecular weight is 364 g/mol. The third-order valence-electron chi connectivity index (χ3n) is 4.75. The van der Waals surface area contributed by atoms with E-state index in [0.29, 0.717) is 43.9 Å². The van der Waals surface area contributed by atoms with Gasteiger partial charge in [-0.25, -0.2) is 4.98 Å². The monoisotopic (exact) mass is 364 g/mol. The molecule has 0 radical (unpaired) electrons. The van der Waals surface area contributed by atoms with E-state index in [2.05, 4.69) is 17.2 Å². The molecule has 6 heteroatoms. The van der Waals surface area contributed by atoms with Gasteiger partial charge in [-0.05, 0) is 52.0 Å². The summed E-state index contributed by atoms with van der Waals surface area (Å²) in [5, 5.41) is 3.00. The molecule has 0 bridgehead atoms. The molecule has 1 aromatic rings. The fourth-order valence-electron chi connectivity index (χ4n) is 3.55. The maximum atomic E-state index is 13.0. The molecule has 0 spiro atoms. The summed E-state index contributed by atoms with van der Waals surface area (Å²) in [7, 11) is 0. The summed E-state index contributed by atoms with van der Waals surface area (Å²) < 4.78 is 16.8. The highest BCUT2D eigenvalue weighted by Crippen LogP contribution is 2.36. The minimum atomic E-state index is -0.729. The molecule has 1 aromatic heterocycles. The van der Waals surface area contributed by atoms with Crippen molar-refractivity contribution in [1.82, 2.24) is 4.98 Å². The van der Waals surface area contributed by atoms with E-state index in [1.165, 1.54) is 0 Å². The Morgan fingerprint density at radius 3 is 2.81 bits per heavy atom. The van der Waals surface area contributed by atoms with Gasteiger partial charge in [-0.3, -0.25) is 4.79 Å². The second-order valence-electron chi connectivity index (χ2n) is 6.97. The summed E-state index contributed by atoms with van der Waals surface area (Å²) >= 11 is 0. The van der Waals surface area contributed by atoms with E-state index in [1.807, 2.05) is 26.8 Å². The zero-order valence-electron chi connectivity index (χ0n) is 16.5. The van der Waals surface area contributed by atoms with Gasteiger partial charge < -0.3 is 19.5 Å². The Morgan fingerprint density at radius 1 is 1.35 bits per heavy atom. The lowest BCUT2D eigenvalue weighted by atomic mass is 9.78. The number of nitrogens with zero attached hydrogens (tertiary/aromatic N) is 1. The van der Waals surface area contributed by atoms with Crippen molar-refractivity contribution in [3.05, 3.63) is 17.8 Å². The number of hydrogen-bond donors (Lipinski definition) is 1. The number of aromatic nitrogens is 1. The molecular weight excluding hydrogens is 332 g/mol. The normalized spacial score (nSPS) is 22.8. The van der Waals surface area contributed by atoms with Crippen molar-refractivity contribution in [3.8, 4) is 5.88 Å². The van der Waals surface area contributed by atoms with Crippen LogP contribution in [0.5, 0.6) is 5.88 Å². The van der Waals surface area contributed by atoms with Gasteiger partial charge in [0.15, 0.2) is 0 Å².